The second kappa shape index (κ2) is 3.67. The summed E-state index contributed by atoms with van der Waals surface area (Å²) in [6, 6.07) is 0. The predicted molar refractivity (Wildman–Crippen MR) is 55.3 cm³/mol. The lowest BCUT2D eigenvalue weighted by Gasteiger charge is -1.95. The van der Waals surface area contributed by atoms with E-state index in [4.69, 9.17) is 17.3 Å². The van der Waals surface area contributed by atoms with E-state index < -0.39 is 0 Å². The fourth-order valence-electron chi connectivity index (χ4n) is 1.10. The van der Waals surface area contributed by atoms with Crippen LogP contribution in [-0.2, 0) is 0 Å². The van der Waals surface area contributed by atoms with Gasteiger partial charge in [-0.05, 0) is 0 Å². The van der Waals surface area contributed by atoms with Crippen LogP contribution in [0.4, 0.5) is 11.8 Å². The topological polar surface area (TPSA) is 92.5 Å². The van der Waals surface area contributed by atoms with E-state index in [-0.39, 0.29) is 0 Å². The molecule has 0 aliphatic heterocycles. The summed E-state index contributed by atoms with van der Waals surface area (Å²) < 4.78 is 0. The van der Waals surface area contributed by atoms with Gasteiger partial charge in [-0.2, -0.15) is 4.98 Å². The number of alkyl halides is 1. The molecule has 4 N–H and O–H groups in total. The average molecular weight is 213 g/mol. The molecule has 0 aliphatic rings. The monoisotopic (exact) mass is 212 g/mol. The van der Waals surface area contributed by atoms with Crippen LogP contribution >= 0.6 is 11.6 Å². The molecule has 6 nitrogen and oxygen atoms in total. The Balaban J connectivity index is 2.36. The van der Waals surface area contributed by atoms with Gasteiger partial charge in [0.2, 0.25) is 5.95 Å². The minimum Gasteiger partial charge on any atom is -0.382 e. The normalized spacial score (nSPS) is 10.6. The lowest BCUT2D eigenvalue weighted by atomic mass is 10.5. The van der Waals surface area contributed by atoms with Crippen molar-refractivity contribution >= 4 is 34.5 Å². The number of nitrogens with two attached hydrogens (primary N) is 1. The maximum atomic E-state index is 5.62. The highest BCUT2D eigenvalue weighted by Gasteiger charge is 2.05. The molecule has 0 unspecified atom stereocenters. The lowest BCUT2D eigenvalue weighted by molar-refractivity contribution is 1.15. The molecular formula is C7H9ClN6. The molecule has 2 aromatic heterocycles. The van der Waals surface area contributed by atoms with Crippen molar-refractivity contribution in [2.24, 2.45) is 0 Å². The van der Waals surface area contributed by atoms with Gasteiger partial charge in [0.05, 0.1) is 0 Å². The van der Waals surface area contributed by atoms with Crippen LogP contribution in [0.5, 0.6) is 0 Å². The van der Waals surface area contributed by atoms with Gasteiger partial charge in [0.1, 0.15) is 11.8 Å². The van der Waals surface area contributed by atoms with Crippen LogP contribution in [0, 0.1) is 0 Å². The first-order valence-corrected chi connectivity index (χ1v) is 4.60. The molecule has 0 aromatic carbocycles. The molecule has 7 heteroatoms. The minimum absolute atomic E-state index is 0.390. The summed E-state index contributed by atoms with van der Waals surface area (Å²) in [7, 11) is 0. The fourth-order valence-corrected chi connectivity index (χ4v) is 1.19. The third-order valence-electron chi connectivity index (χ3n) is 1.70. The first kappa shape index (κ1) is 9.01. The van der Waals surface area contributed by atoms with Crippen LogP contribution in [0.1, 0.15) is 0 Å². The zero-order valence-electron chi connectivity index (χ0n) is 7.29. The summed E-state index contributed by atoms with van der Waals surface area (Å²) in [6.45, 7) is 0.634. The minimum atomic E-state index is 0.390. The van der Waals surface area contributed by atoms with Crippen molar-refractivity contribution in [3.63, 3.8) is 0 Å². The predicted octanol–water partition coefficient (Wildman–Crippen LogP) is 0.586. The molecule has 0 saturated heterocycles. The van der Waals surface area contributed by atoms with E-state index in [1.807, 2.05) is 0 Å². The third-order valence-corrected chi connectivity index (χ3v) is 1.89. The molecule has 0 amide bonds. The average Bonchev–Trinajstić information content (AvgIpc) is 2.59. The second-order valence-corrected chi connectivity index (χ2v) is 3.04. The number of H-pyrrole nitrogens is 1. The van der Waals surface area contributed by atoms with Gasteiger partial charge in [-0.25, -0.2) is 9.97 Å². The quantitative estimate of drug-likeness (QED) is 0.648. The van der Waals surface area contributed by atoms with Gasteiger partial charge >= 0.3 is 0 Å². The molecule has 0 radical (unpaired) electrons. The second-order valence-electron chi connectivity index (χ2n) is 2.66. The summed E-state index contributed by atoms with van der Waals surface area (Å²) in [5, 5.41) is 2.99. The van der Waals surface area contributed by atoms with Crippen molar-refractivity contribution in [3.05, 3.63) is 6.33 Å². The Labute approximate surface area is 84.9 Å². The largest absolute Gasteiger partial charge is 0.382 e. The SMILES string of the molecule is Nc1ncnc2nc(NCCCl)[nH]c12. The Bertz CT molecular complexity index is 439. The molecule has 0 atom stereocenters. The van der Waals surface area contributed by atoms with Gasteiger partial charge in [0.15, 0.2) is 11.5 Å². The number of hydrogen-bond donors (Lipinski definition) is 3. The molecule has 74 valence electrons. The number of nitrogens with one attached hydrogen (secondary N) is 2. The zero-order chi connectivity index (χ0) is 9.97. The summed E-state index contributed by atoms with van der Waals surface area (Å²) in [5.74, 6) is 1.51. The van der Waals surface area contributed by atoms with Crippen LogP contribution in [0.2, 0.25) is 0 Å². The van der Waals surface area contributed by atoms with Crippen molar-refractivity contribution in [1.29, 1.82) is 0 Å². The number of nitrogens with zero attached hydrogens (tertiary/aromatic N) is 3. The molecule has 0 saturated carbocycles. The number of aromatic nitrogens is 4. The van der Waals surface area contributed by atoms with Crippen LogP contribution in [0.3, 0.4) is 0 Å². The van der Waals surface area contributed by atoms with E-state index in [0.717, 1.165) is 0 Å². The lowest BCUT2D eigenvalue weighted by Crippen LogP contribution is -2.03. The standard InChI is InChI=1S/C7H9ClN6/c8-1-2-10-7-13-4-5(9)11-3-12-6(4)14-7/h3H,1-2H2,(H4,9,10,11,12,13,14). The Morgan fingerprint density at radius 2 is 2.36 bits per heavy atom. The van der Waals surface area contributed by atoms with Crippen LogP contribution in [-0.4, -0.2) is 32.4 Å². The van der Waals surface area contributed by atoms with Crippen molar-refractivity contribution in [2.45, 2.75) is 0 Å². The van der Waals surface area contributed by atoms with Crippen molar-refractivity contribution < 1.29 is 0 Å². The Kier molecular flexibility index (Phi) is 2.36. The number of anilines is 2. The molecule has 14 heavy (non-hydrogen) atoms. The van der Waals surface area contributed by atoms with Gasteiger partial charge in [-0.3, -0.25) is 0 Å². The number of fused-ring (bicyclic) bond motifs is 1. The van der Waals surface area contributed by atoms with E-state index in [0.29, 0.717) is 35.4 Å². The maximum Gasteiger partial charge on any atom is 0.202 e. The van der Waals surface area contributed by atoms with Gasteiger partial charge in [0.25, 0.3) is 0 Å². The number of aromatic amines is 1. The number of rotatable bonds is 3. The maximum absolute atomic E-state index is 5.62. The first-order valence-electron chi connectivity index (χ1n) is 4.07. The molecule has 2 heterocycles. The van der Waals surface area contributed by atoms with Gasteiger partial charge in [-0.1, -0.05) is 0 Å². The Morgan fingerprint density at radius 1 is 1.50 bits per heavy atom. The molecule has 0 bridgehead atoms. The molecule has 2 rings (SSSR count). The first-order chi connectivity index (χ1) is 6.81. The van der Waals surface area contributed by atoms with Gasteiger partial charge < -0.3 is 16.0 Å². The highest BCUT2D eigenvalue weighted by molar-refractivity contribution is 6.18. The van der Waals surface area contributed by atoms with E-state index in [9.17, 15) is 0 Å². The highest BCUT2D eigenvalue weighted by atomic mass is 35.5. The summed E-state index contributed by atoms with van der Waals surface area (Å²) in [6.07, 6.45) is 1.38. The molecular weight excluding hydrogens is 204 g/mol. The van der Waals surface area contributed by atoms with Crippen molar-refractivity contribution in [2.75, 3.05) is 23.5 Å². The smallest absolute Gasteiger partial charge is 0.202 e. The number of hydrogen-bond acceptors (Lipinski definition) is 5. The Hall–Kier alpha value is -1.56. The summed E-state index contributed by atoms with van der Waals surface area (Å²) >= 11 is 5.52. The molecule has 0 spiro atoms. The van der Waals surface area contributed by atoms with E-state index in [2.05, 4.69) is 25.3 Å². The number of halogens is 1. The number of imidazole rings is 1. The fraction of sp³-hybridized carbons (Fsp3) is 0.286. The molecule has 2 aromatic rings. The van der Waals surface area contributed by atoms with Crippen LogP contribution < -0.4 is 11.1 Å². The van der Waals surface area contributed by atoms with Gasteiger partial charge in [0, 0.05) is 12.4 Å². The van der Waals surface area contributed by atoms with Gasteiger partial charge in [-0.15, -0.1) is 11.6 Å². The van der Waals surface area contributed by atoms with E-state index in [1.165, 1.54) is 6.33 Å². The molecule has 0 fully saturated rings. The van der Waals surface area contributed by atoms with Crippen LogP contribution in [0.25, 0.3) is 11.2 Å². The van der Waals surface area contributed by atoms with Crippen LogP contribution in [0.15, 0.2) is 6.33 Å². The summed E-state index contributed by atoms with van der Waals surface area (Å²) in [5.41, 5.74) is 6.82. The van der Waals surface area contributed by atoms with E-state index in [1.54, 1.807) is 0 Å². The third kappa shape index (κ3) is 1.56. The van der Waals surface area contributed by atoms with Crippen molar-refractivity contribution in [1.82, 2.24) is 19.9 Å². The Morgan fingerprint density at radius 3 is 3.07 bits per heavy atom. The zero-order valence-corrected chi connectivity index (χ0v) is 8.04. The van der Waals surface area contributed by atoms with Crippen molar-refractivity contribution in [3.8, 4) is 0 Å². The number of nitrogen functional groups attached to an aromatic ring is 1. The molecule has 0 aliphatic carbocycles. The summed E-state index contributed by atoms with van der Waals surface area (Å²) in [4.78, 5) is 14.9. The van der Waals surface area contributed by atoms with E-state index >= 15 is 0 Å². The highest BCUT2D eigenvalue weighted by Crippen LogP contribution is 2.15.